The van der Waals surface area contributed by atoms with Gasteiger partial charge < -0.3 is 19.9 Å². The molecule has 0 atom stereocenters. The molecule has 158 valence electrons. The van der Waals surface area contributed by atoms with Crippen LogP contribution in [0.25, 0.3) is 0 Å². The molecule has 0 saturated carbocycles. The number of benzene rings is 1. The summed E-state index contributed by atoms with van der Waals surface area (Å²) in [5, 5.41) is 0. The van der Waals surface area contributed by atoms with Gasteiger partial charge in [0.1, 0.15) is 11.5 Å². The van der Waals surface area contributed by atoms with Gasteiger partial charge in [-0.2, -0.15) is 0 Å². The summed E-state index contributed by atoms with van der Waals surface area (Å²) in [7, 11) is -3.93. The lowest BCUT2D eigenvalue weighted by Gasteiger charge is -2.33. The zero-order valence-corrected chi connectivity index (χ0v) is 17.0. The van der Waals surface area contributed by atoms with Gasteiger partial charge in [0, 0.05) is 26.2 Å². The molecule has 1 saturated heterocycles. The Hall–Kier alpha value is -2.39. The first-order valence-electron chi connectivity index (χ1n) is 9.64. The second-order valence-corrected chi connectivity index (χ2v) is 9.19. The molecule has 1 aromatic rings. The van der Waals surface area contributed by atoms with Crippen LogP contribution in [-0.2, 0) is 24.1 Å². The Bertz CT molecular complexity index is 871. The number of hydrogen-bond acceptors (Lipinski definition) is 7. The molecule has 0 aliphatic carbocycles. The van der Waals surface area contributed by atoms with Crippen molar-refractivity contribution in [1.29, 1.82) is 0 Å². The molecule has 2 aliphatic heterocycles. The fourth-order valence-electron chi connectivity index (χ4n) is 3.31. The molecule has 29 heavy (non-hydrogen) atoms. The van der Waals surface area contributed by atoms with Crippen molar-refractivity contribution in [1.82, 2.24) is 0 Å². The second-order valence-electron chi connectivity index (χ2n) is 6.93. The van der Waals surface area contributed by atoms with E-state index in [9.17, 15) is 13.2 Å². The number of amides is 1. The molecule has 0 radical (unpaired) electrons. The van der Waals surface area contributed by atoms with Gasteiger partial charge in [-0.25, -0.2) is 8.42 Å². The second kappa shape index (κ2) is 9.41. The van der Waals surface area contributed by atoms with Gasteiger partial charge >= 0.3 is 0 Å². The maximum atomic E-state index is 13.1. The van der Waals surface area contributed by atoms with Crippen LogP contribution in [0, 0.1) is 0 Å². The Labute approximate surface area is 170 Å². The number of ether oxygens (including phenoxy) is 3. The summed E-state index contributed by atoms with van der Waals surface area (Å²) in [5.41, 5.74) is 5.48. The van der Waals surface area contributed by atoms with E-state index in [4.69, 9.17) is 19.9 Å². The fraction of sp³-hybridized carbons (Fsp3) is 0.500. The van der Waals surface area contributed by atoms with Crippen LogP contribution in [0.4, 0.5) is 0 Å². The third-order valence-electron chi connectivity index (χ3n) is 5.05. The minimum Gasteiger partial charge on any atom is -0.493 e. The highest BCUT2D eigenvalue weighted by molar-refractivity contribution is 7.93. The van der Waals surface area contributed by atoms with Crippen LogP contribution in [0.5, 0.6) is 5.75 Å². The van der Waals surface area contributed by atoms with E-state index in [1.54, 1.807) is 18.3 Å². The number of nitrogens with two attached hydrogens (primary N) is 1. The van der Waals surface area contributed by atoms with Crippen LogP contribution in [0.2, 0.25) is 0 Å². The summed E-state index contributed by atoms with van der Waals surface area (Å²) in [6.45, 7) is 2.12. The standard InChI is InChI=1S/C20H26N2O6S/c21-19(23)20(8-13-26-14-9-20)29(24,25)18-6-4-16(5-7-18)27-11-2-12-28-17-3-1-10-22-15-17/h3-7,15H,1-2,8-14H2,(H2,21,23). The largest absolute Gasteiger partial charge is 0.493 e. The Kier molecular flexibility index (Phi) is 6.92. The number of primary amides is 1. The van der Waals surface area contributed by atoms with Crippen molar-refractivity contribution in [3.63, 3.8) is 0 Å². The third kappa shape index (κ3) is 4.79. The van der Waals surface area contributed by atoms with Crippen LogP contribution in [0.15, 0.2) is 46.0 Å². The fourth-order valence-corrected chi connectivity index (χ4v) is 5.23. The first kappa shape index (κ1) is 21.3. The topological polar surface area (TPSA) is 117 Å². The molecule has 2 aliphatic rings. The average Bonchev–Trinajstić information content (AvgIpc) is 2.75. The van der Waals surface area contributed by atoms with Crippen molar-refractivity contribution < 1.29 is 27.4 Å². The zero-order valence-electron chi connectivity index (χ0n) is 16.2. The lowest BCUT2D eigenvalue weighted by Crippen LogP contribution is -2.53. The lowest BCUT2D eigenvalue weighted by molar-refractivity contribution is -0.122. The van der Waals surface area contributed by atoms with E-state index >= 15 is 0 Å². The number of nitrogens with zero attached hydrogens (tertiary/aromatic N) is 1. The van der Waals surface area contributed by atoms with E-state index in [0.717, 1.165) is 18.7 Å². The smallest absolute Gasteiger partial charge is 0.239 e. The van der Waals surface area contributed by atoms with Crippen LogP contribution in [0.1, 0.15) is 25.7 Å². The Morgan fingerprint density at radius 2 is 1.83 bits per heavy atom. The number of carbonyl (C=O) groups excluding carboxylic acids is 1. The highest BCUT2D eigenvalue weighted by atomic mass is 32.2. The first-order chi connectivity index (χ1) is 14.0. The van der Waals surface area contributed by atoms with Gasteiger partial charge in [0.15, 0.2) is 14.6 Å². The summed E-state index contributed by atoms with van der Waals surface area (Å²) < 4.78 is 41.0. The summed E-state index contributed by atoms with van der Waals surface area (Å²) in [6, 6.07) is 6.06. The van der Waals surface area contributed by atoms with E-state index in [0.29, 0.717) is 25.4 Å². The van der Waals surface area contributed by atoms with E-state index in [2.05, 4.69) is 4.99 Å². The number of carbonyl (C=O) groups is 1. The van der Waals surface area contributed by atoms with Gasteiger partial charge in [0.25, 0.3) is 0 Å². The summed E-state index contributed by atoms with van der Waals surface area (Å²) in [4.78, 5) is 16.2. The highest BCUT2D eigenvalue weighted by Gasteiger charge is 2.51. The van der Waals surface area contributed by atoms with Gasteiger partial charge in [0.2, 0.25) is 5.91 Å². The third-order valence-corrected chi connectivity index (χ3v) is 7.58. The van der Waals surface area contributed by atoms with Crippen LogP contribution >= 0.6 is 0 Å². The van der Waals surface area contributed by atoms with Gasteiger partial charge in [0.05, 0.1) is 24.3 Å². The van der Waals surface area contributed by atoms with E-state index in [1.165, 1.54) is 12.1 Å². The molecule has 9 heteroatoms. The van der Waals surface area contributed by atoms with Crippen LogP contribution in [0.3, 0.4) is 0 Å². The van der Waals surface area contributed by atoms with Gasteiger partial charge in [-0.15, -0.1) is 0 Å². The highest BCUT2D eigenvalue weighted by Crippen LogP contribution is 2.35. The Balaban J connectivity index is 1.55. The predicted octanol–water partition coefficient (Wildman–Crippen LogP) is 1.64. The molecule has 0 spiro atoms. The Morgan fingerprint density at radius 1 is 1.14 bits per heavy atom. The SMILES string of the molecule is NC(=O)C1(S(=O)(=O)c2ccc(OCCCOC3=CCCN=C3)cc2)CCOCC1. The van der Waals surface area contributed by atoms with Crippen molar-refractivity contribution in [2.75, 3.05) is 33.0 Å². The molecule has 2 N–H and O–H groups in total. The van der Waals surface area contributed by atoms with Crippen LogP contribution < -0.4 is 10.5 Å². The quantitative estimate of drug-likeness (QED) is 0.605. The van der Waals surface area contributed by atoms with E-state index in [1.807, 2.05) is 6.08 Å². The Morgan fingerprint density at radius 3 is 2.45 bits per heavy atom. The van der Waals surface area contributed by atoms with Gasteiger partial charge in [-0.3, -0.25) is 9.79 Å². The minimum absolute atomic E-state index is 0.0532. The summed E-state index contributed by atoms with van der Waals surface area (Å²) >= 11 is 0. The monoisotopic (exact) mass is 422 g/mol. The number of aliphatic imine (C=N–C) groups is 1. The van der Waals surface area contributed by atoms with Crippen molar-refractivity contribution in [2.45, 2.75) is 35.3 Å². The van der Waals surface area contributed by atoms with E-state index in [-0.39, 0.29) is 31.0 Å². The predicted molar refractivity (Wildman–Crippen MR) is 108 cm³/mol. The van der Waals surface area contributed by atoms with Crippen molar-refractivity contribution in [3.05, 3.63) is 36.1 Å². The summed E-state index contributed by atoms with van der Waals surface area (Å²) in [6.07, 6.45) is 5.41. The zero-order chi connectivity index (χ0) is 20.7. The van der Waals surface area contributed by atoms with E-state index < -0.39 is 20.5 Å². The number of allylic oxidation sites excluding steroid dienone is 1. The van der Waals surface area contributed by atoms with Crippen LogP contribution in [-0.4, -0.2) is 58.3 Å². The maximum Gasteiger partial charge on any atom is 0.239 e. The van der Waals surface area contributed by atoms with Gasteiger partial charge in [-0.05, 0) is 49.6 Å². The lowest BCUT2D eigenvalue weighted by atomic mass is 9.98. The van der Waals surface area contributed by atoms with Gasteiger partial charge in [-0.1, -0.05) is 0 Å². The molecule has 0 aromatic heterocycles. The normalized spacial score (nSPS) is 18.7. The molecule has 0 bridgehead atoms. The molecular weight excluding hydrogens is 396 g/mol. The maximum absolute atomic E-state index is 13.1. The molecular formula is C20H26N2O6S. The molecule has 2 heterocycles. The molecule has 1 aromatic carbocycles. The number of sulfone groups is 1. The molecule has 0 unspecified atom stereocenters. The van der Waals surface area contributed by atoms with Crippen molar-refractivity contribution in [2.24, 2.45) is 10.7 Å². The number of hydrogen-bond donors (Lipinski definition) is 1. The average molecular weight is 423 g/mol. The van der Waals surface area contributed by atoms with Crippen molar-refractivity contribution in [3.8, 4) is 5.75 Å². The van der Waals surface area contributed by atoms with Crippen molar-refractivity contribution >= 4 is 22.0 Å². The molecule has 3 rings (SSSR count). The number of rotatable bonds is 9. The molecule has 8 nitrogen and oxygen atoms in total. The number of dihydropyridines is 1. The summed E-state index contributed by atoms with van der Waals surface area (Å²) in [5.74, 6) is 0.490. The molecule has 1 amide bonds. The molecule has 1 fully saturated rings. The first-order valence-corrected chi connectivity index (χ1v) is 11.1. The minimum atomic E-state index is -3.93.